The lowest BCUT2D eigenvalue weighted by Crippen LogP contribution is -2.12. The van der Waals surface area contributed by atoms with E-state index in [0.717, 1.165) is 24.2 Å². The van der Waals surface area contributed by atoms with Crippen LogP contribution in [0, 0.1) is 0 Å². The first-order valence-electron chi connectivity index (χ1n) is 6.97. The summed E-state index contributed by atoms with van der Waals surface area (Å²) in [6, 6.07) is 14.0. The van der Waals surface area contributed by atoms with Crippen LogP contribution in [-0.4, -0.2) is 12.2 Å². The highest BCUT2D eigenvalue weighted by molar-refractivity contribution is 5.40. The lowest BCUT2D eigenvalue weighted by Gasteiger charge is -2.11. The maximum absolute atomic E-state index is 9.43. The quantitative estimate of drug-likeness (QED) is 0.895. The molecule has 1 unspecified atom stereocenters. The maximum atomic E-state index is 9.43. The second kappa shape index (κ2) is 5.55. The lowest BCUT2D eigenvalue weighted by atomic mass is 10.1. The summed E-state index contributed by atoms with van der Waals surface area (Å²) in [5, 5.41) is 12.8. The number of hydrogen-bond donors (Lipinski definition) is 2. The minimum atomic E-state index is 0.275. The molecule has 0 saturated heterocycles. The van der Waals surface area contributed by atoms with Crippen molar-refractivity contribution in [2.75, 3.05) is 7.05 Å². The third kappa shape index (κ3) is 2.63. The van der Waals surface area contributed by atoms with Crippen LogP contribution in [-0.2, 0) is 13.0 Å². The molecule has 104 valence electrons. The molecule has 0 saturated carbocycles. The van der Waals surface area contributed by atoms with E-state index in [4.69, 9.17) is 4.74 Å². The minimum absolute atomic E-state index is 0.275. The van der Waals surface area contributed by atoms with E-state index >= 15 is 0 Å². The fraction of sp³-hybridized carbons (Fsp3) is 0.294. The standard InChI is InChI=1S/C17H19NO2/c1-18-17-8-5-13-10-15(6-7-16(13)17)20-11-12-3-2-4-14(19)9-12/h2-4,6-7,9-10,17-19H,5,8,11H2,1H3. The molecule has 2 aromatic carbocycles. The summed E-state index contributed by atoms with van der Waals surface area (Å²) in [6.45, 7) is 0.475. The van der Waals surface area contributed by atoms with E-state index in [1.165, 1.54) is 11.1 Å². The highest BCUT2D eigenvalue weighted by Crippen LogP contribution is 2.33. The SMILES string of the molecule is CNC1CCc2cc(OCc3cccc(O)c3)ccc21. The zero-order valence-electron chi connectivity index (χ0n) is 11.6. The second-order valence-corrected chi connectivity index (χ2v) is 5.20. The number of fused-ring (bicyclic) bond motifs is 1. The minimum Gasteiger partial charge on any atom is -0.508 e. The van der Waals surface area contributed by atoms with E-state index in [2.05, 4.69) is 17.4 Å². The van der Waals surface area contributed by atoms with Gasteiger partial charge in [-0.1, -0.05) is 18.2 Å². The predicted octanol–water partition coefficient (Wildman–Crippen LogP) is 3.18. The van der Waals surface area contributed by atoms with Gasteiger partial charge in [0.2, 0.25) is 0 Å². The first-order chi connectivity index (χ1) is 9.76. The molecule has 3 heteroatoms. The fourth-order valence-electron chi connectivity index (χ4n) is 2.80. The molecule has 1 aliphatic rings. The van der Waals surface area contributed by atoms with Crippen molar-refractivity contribution in [3.8, 4) is 11.5 Å². The first kappa shape index (κ1) is 13.0. The summed E-state index contributed by atoms with van der Waals surface area (Å²) in [5.74, 6) is 1.17. The average molecular weight is 269 g/mol. The number of benzene rings is 2. The van der Waals surface area contributed by atoms with Crippen LogP contribution in [0.2, 0.25) is 0 Å². The number of rotatable bonds is 4. The molecule has 1 atom stereocenters. The molecule has 20 heavy (non-hydrogen) atoms. The van der Waals surface area contributed by atoms with Gasteiger partial charge in [0.25, 0.3) is 0 Å². The van der Waals surface area contributed by atoms with Gasteiger partial charge in [-0.2, -0.15) is 0 Å². The van der Waals surface area contributed by atoms with Crippen LogP contribution in [0.15, 0.2) is 42.5 Å². The van der Waals surface area contributed by atoms with Crippen LogP contribution >= 0.6 is 0 Å². The Morgan fingerprint density at radius 2 is 2.15 bits per heavy atom. The molecule has 3 nitrogen and oxygen atoms in total. The Morgan fingerprint density at radius 3 is 2.95 bits per heavy atom. The Labute approximate surface area is 119 Å². The van der Waals surface area contributed by atoms with Gasteiger partial charge in [0.1, 0.15) is 18.1 Å². The molecule has 2 N–H and O–H groups in total. The molecule has 1 aliphatic carbocycles. The molecule has 0 radical (unpaired) electrons. The molecule has 0 spiro atoms. The van der Waals surface area contributed by atoms with Gasteiger partial charge in [0, 0.05) is 6.04 Å². The van der Waals surface area contributed by atoms with Crippen LogP contribution < -0.4 is 10.1 Å². The summed E-state index contributed by atoms with van der Waals surface area (Å²) < 4.78 is 5.81. The van der Waals surface area contributed by atoms with E-state index < -0.39 is 0 Å². The number of nitrogens with one attached hydrogen (secondary N) is 1. The van der Waals surface area contributed by atoms with E-state index in [0.29, 0.717) is 12.6 Å². The van der Waals surface area contributed by atoms with Gasteiger partial charge in [0.05, 0.1) is 0 Å². The van der Waals surface area contributed by atoms with Crippen LogP contribution in [0.4, 0.5) is 0 Å². The number of aryl methyl sites for hydroxylation is 1. The fourth-order valence-corrected chi connectivity index (χ4v) is 2.80. The summed E-state index contributed by atoms with van der Waals surface area (Å²) in [6.07, 6.45) is 2.26. The third-order valence-electron chi connectivity index (χ3n) is 3.86. The molecule has 2 aromatic rings. The average Bonchev–Trinajstić information content (AvgIpc) is 2.87. The summed E-state index contributed by atoms with van der Waals surface area (Å²) in [7, 11) is 2.01. The maximum Gasteiger partial charge on any atom is 0.120 e. The van der Waals surface area contributed by atoms with Gasteiger partial charge >= 0.3 is 0 Å². The molecule has 0 aliphatic heterocycles. The molecule has 0 heterocycles. The van der Waals surface area contributed by atoms with Gasteiger partial charge in [-0.25, -0.2) is 0 Å². The van der Waals surface area contributed by atoms with E-state index in [1.807, 2.05) is 25.2 Å². The van der Waals surface area contributed by atoms with Gasteiger partial charge in [-0.3, -0.25) is 0 Å². The molecular weight excluding hydrogens is 250 g/mol. The molecule has 0 fully saturated rings. The zero-order chi connectivity index (χ0) is 13.9. The number of aromatic hydroxyl groups is 1. The second-order valence-electron chi connectivity index (χ2n) is 5.20. The highest BCUT2D eigenvalue weighted by Gasteiger charge is 2.20. The Kier molecular flexibility index (Phi) is 3.61. The largest absolute Gasteiger partial charge is 0.508 e. The van der Waals surface area contributed by atoms with Crippen LogP contribution in [0.1, 0.15) is 29.2 Å². The molecule has 0 bridgehead atoms. The molecular formula is C17H19NO2. The van der Waals surface area contributed by atoms with Crippen molar-refractivity contribution < 1.29 is 9.84 Å². The highest BCUT2D eigenvalue weighted by atomic mass is 16.5. The van der Waals surface area contributed by atoms with Crippen molar-refractivity contribution in [2.45, 2.75) is 25.5 Å². The van der Waals surface area contributed by atoms with Gasteiger partial charge in [-0.05, 0) is 60.8 Å². The normalized spacial score (nSPS) is 16.9. The number of ether oxygens (including phenoxy) is 1. The van der Waals surface area contributed by atoms with E-state index in [-0.39, 0.29) is 5.75 Å². The summed E-state index contributed by atoms with van der Waals surface area (Å²) in [4.78, 5) is 0. The van der Waals surface area contributed by atoms with Crippen LogP contribution in [0.3, 0.4) is 0 Å². The van der Waals surface area contributed by atoms with Crippen LogP contribution in [0.25, 0.3) is 0 Å². The van der Waals surface area contributed by atoms with Crippen molar-refractivity contribution in [2.24, 2.45) is 0 Å². The Bertz CT molecular complexity index is 610. The van der Waals surface area contributed by atoms with Gasteiger partial charge in [0.15, 0.2) is 0 Å². The Morgan fingerprint density at radius 1 is 1.25 bits per heavy atom. The van der Waals surface area contributed by atoms with E-state index in [1.54, 1.807) is 12.1 Å². The molecule has 3 rings (SSSR count). The smallest absolute Gasteiger partial charge is 0.120 e. The zero-order valence-corrected chi connectivity index (χ0v) is 11.6. The number of hydrogen-bond acceptors (Lipinski definition) is 3. The molecule has 0 amide bonds. The van der Waals surface area contributed by atoms with Crippen molar-refractivity contribution in [3.63, 3.8) is 0 Å². The lowest BCUT2D eigenvalue weighted by molar-refractivity contribution is 0.305. The Balaban J connectivity index is 1.70. The first-order valence-corrected chi connectivity index (χ1v) is 6.97. The summed E-state index contributed by atoms with van der Waals surface area (Å²) >= 11 is 0. The third-order valence-corrected chi connectivity index (χ3v) is 3.86. The van der Waals surface area contributed by atoms with E-state index in [9.17, 15) is 5.11 Å². The van der Waals surface area contributed by atoms with Crippen molar-refractivity contribution in [1.82, 2.24) is 5.32 Å². The van der Waals surface area contributed by atoms with Crippen LogP contribution in [0.5, 0.6) is 11.5 Å². The van der Waals surface area contributed by atoms with Crippen molar-refractivity contribution in [1.29, 1.82) is 0 Å². The van der Waals surface area contributed by atoms with Gasteiger partial charge < -0.3 is 15.2 Å². The van der Waals surface area contributed by atoms with Gasteiger partial charge in [-0.15, -0.1) is 0 Å². The number of phenols is 1. The number of phenolic OH excluding ortho intramolecular Hbond substituents is 1. The topological polar surface area (TPSA) is 41.5 Å². The summed E-state index contributed by atoms with van der Waals surface area (Å²) in [5.41, 5.74) is 3.73. The monoisotopic (exact) mass is 269 g/mol. The van der Waals surface area contributed by atoms with Crippen molar-refractivity contribution >= 4 is 0 Å². The van der Waals surface area contributed by atoms with Crippen molar-refractivity contribution in [3.05, 3.63) is 59.2 Å². The predicted molar refractivity (Wildman–Crippen MR) is 79.0 cm³/mol. The molecule has 0 aromatic heterocycles. The Hall–Kier alpha value is -2.00.